The zero-order chi connectivity index (χ0) is 28.9. The Hall–Kier alpha value is -4.14. The number of alkyl halides is 3. The largest absolute Gasteiger partial charge is 0.468 e. The Morgan fingerprint density at radius 2 is 1.90 bits per heavy atom. The molecule has 0 aliphatic carbocycles. The molecule has 1 atom stereocenters. The first-order valence-corrected chi connectivity index (χ1v) is 13.2. The highest BCUT2D eigenvalue weighted by Crippen LogP contribution is 2.41. The van der Waals surface area contributed by atoms with E-state index in [1.807, 2.05) is 30.3 Å². The molecule has 206 valence electrons. The lowest BCUT2D eigenvalue weighted by Gasteiger charge is -2.28. The highest BCUT2D eigenvalue weighted by atomic mass is 35.5. The molecule has 3 N–H and O–H groups in total. The van der Waals surface area contributed by atoms with E-state index in [1.165, 1.54) is 6.26 Å². The van der Waals surface area contributed by atoms with Gasteiger partial charge in [0.15, 0.2) is 0 Å². The van der Waals surface area contributed by atoms with Crippen molar-refractivity contribution in [1.82, 2.24) is 10.6 Å². The molecule has 7 nitrogen and oxygen atoms in total. The minimum absolute atomic E-state index is 0.0140. The number of hydrogen-bond acceptors (Lipinski definition) is 6. The number of allylic oxidation sites excluding steroid dienone is 2. The number of amides is 2. The molecule has 0 radical (unpaired) electrons. The number of nitriles is 1. The summed E-state index contributed by atoms with van der Waals surface area (Å²) >= 11 is 7.16. The zero-order valence-electron chi connectivity index (χ0n) is 20.9. The van der Waals surface area contributed by atoms with Crippen LogP contribution in [-0.2, 0) is 22.3 Å². The van der Waals surface area contributed by atoms with Gasteiger partial charge in [-0.05, 0) is 42.8 Å². The van der Waals surface area contributed by atoms with Crippen molar-refractivity contribution in [1.29, 1.82) is 5.26 Å². The lowest BCUT2D eigenvalue weighted by atomic mass is 9.85. The second kappa shape index (κ2) is 12.4. The summed E-state index contributed by atoms with van der Waals surface area (Å²) in [6.07, 6.45) is -3.26. The lowest BCUT2D eigenvalue weighted by molar-refractivity contribution is -0.137. The zero-order valence-corrected chi connectivity index (χ0v) is 22.5. The quantitative estimate of drug-likeness (QED) is 0.284. The highest BCUT2D eigenvalue weighted by Gasteiger charge is 2.37. The van der Waals surface area contributed by atoms with Crippen LogP contribution < -0.4 is 16.0 Å². The van der Waals surface area contributed by atoms with E-state index in [1.54, 1.807) is 19.1 Å². The molecule has 1 aromatic heterocycles. The van der Waals surface area contributed by atoms with Gasteiger partial charge in [0, 0.05) is 12.2 Å². The van der Waals surface area contributed by atoms with Crippen molar-refractivity contribution in [3.8, 4) is 6.07 Å². The Labute approximate surface area is 237 Å². The average Bonchev–Trinajstić information content (AvgIpc) is 3.46. The number of carbonyl (C=O) groups excluding carboxylic acids is 2. The number of anilines is 1. The second-order valence-electron chi connectivity index (χ2n) is 8.66. The van der Waals surface area contributed by atoms with E-state index in [4.69, 9.17) is 16.0 Å². The Bertz CT molecular complexity index is 1510. The smallest absolute Gasteiger partial charge is 0.416 e. The number of furan rings is 1. The van der Waals surface area contributed by atoms with Crippen molar-refractivity contribution in [3.63, 3.8) is 0 Å². The van der Waals surface area contributed by atoms with Crippen LogP contribution in [0.2, 0.25) is 5.02 Å². The van der Waals surface area contributed by atoms with Gasteiger partial charge in [0.05, 0.1) is 56.5 Å². The van der Waals surface area contributed by atoms with Gasteiger partial charge in [0.1, 0.15) is 5.76 Å². The second-order valence-corrected chi connectivity index (χ2v) is 10.1. The van der Waals surface area contributed by atoms with Gasteiger partial charge < -0.3 is 20.4 Å². The number of hydrogen-bond donors (Lipinski definition) is 3. The van der Waals surface area contributed by atoms with E-state index in [-0.39, 0.29) is 39.3 Å². The molecule has 12 heteroatoms. The summed E-state index contributed by atoms with van der Waals surface area (Å²) in [7, 11) is 0. The fourth-order valence-electron chi connectivity index (χ4n) is 4.04. The number of rotatable bonds is 8. The summed E-state index contributed by atoms with van der Waals surface area (Å²) in [5.74, 6) is -1.77. The van der Waals surface area contributed by atoms with Gasteiger partial charge in [0.2, 0.25) is 5.91 Å². The van der Waals surface area contributed by atoms with E-state index in [2.05, 4.69) is 22.0 Å². The summed E-state index contributed by atoms with van der Waals surface area (Å²) in [6, 6.07) is 17.2. The maximum Gasteiger partial charge on any atom is 0.416 e. The summed E-state index contributed by atoms with van der Waals surface area (Å²) in [4.78, 5) is 26.0. The minimum atomic E-state index is -4.64. The summed E-state index contributed by atoms with van der Waals surface area (Å²) in [5, 5.41) is 18.6. The molecule has 1 aliphatic heterocycles. The maximum atomic E-state index is 13.5. The Kier molecular flexibility index (Phi) is 8.92. The van der Waals surface area contributed by atoms with Crippen LogP contribution in [0.15, 0.2) is 93.2 Å². The van der Waals surface area contributed by atoms with E-state index in [0.29, 0.717) is 17.3 Å². The van der Waals surface area contributed by atoms with Crippen molar-refractivity contribution in [2.45, 2.75) is 25.6 Å². The van der Waals surface area contributed by atoms with Crippen molar-refractivity contribution >= 4 is 40.9 Å². The number of benzene rings is 2. The van der Waals surface area contributed by atoms with Gasteiger partial charge in [0.25, 0.3) is 5.91 Å². The van der Waals surface area contributed by atoms with Gasteiger partial charge in [-0.3, -0.25) is 9.59 Å². The predicted molar refractivity (Wildman–Crippen MR) is 146 cm³/mol. The number of halogens is 4. The molecule has 0 bridgehead atoms. The maximum absolute atomic E-state index is 13.5. The summed E-state index contributed by atoms with van der Waals surface area (Å²) < 4.78 is 45.3. The Morgan fingerprint density at radius 3 is 2.55 bits per heavy atom. The van der Waals surface area contributed by atoms with E-state index in [0.717, 1.165) is 35.5 Å². The van der Waals surface area contributed by atoms with Crippen molar-refractivity contribution in [3.05, 3.63) is 111 Å². The standard InChI is InChI=1S/C28H22ClF3N4O3S/c1-16-24(26(38)36-21-12-18(28(30,31)32)9-10-20(21)29)25(22-8-5-11-39-22)19(13-33)27(35-16)40-15-23(37)34-14-17-6-3-2-4-7-17/h2-12,25,35H,14-15H2,1H3,(H,34,37)(H,36,38)/t25-/m0/s1. The summed E-state index contributed by atoms with van der Waals surface area (Å²) in [5.41, 5.74) is 0.205. The topological polar surface area (TPSA) is 107 Å². The SMILES string of the molecule is CC1=C(C(=O)Nc2cc(C(F)(F)F)ccc2Cl)[C@H](c2ccco2)C(C#N)=C(SCC(=O)NCc2ccccc2)N1. The van der Waals surface area contributed by atoms with Crippen LogP contribution in [0.3, 0.4) is 0 Å². The predicted octanol–water partition coefficient (Wildman–Crippen LogP) is 6.34. The van der Waals surface area contributed by atoms with Gasteiger partial charge in [-0.1, -0.05) is 53.7 Å². The fraction of sp³-hybridized carbons (Fsp3) is 0.179. The third kappa shape index (κ3) is 6.70. The first kappa shape index (κ1) is 28.9. The van der Waals surface area contributed by atoms with Gasteiger partial charge in [-0.25, -0.2) is 0 Å². The molecule has 40 heavy (non-hydrogen) atoms. The third-order valence-electron chi connectivity index (χ3n) is 5.94. The first-order chi connectivity index (χ1) is 19.1. The van der Waals surface area contributed by atoms with Crippen LogP contribution in [0, 0.1) is 11.3 Å². The molecule has 0 fully saturated rings. The van der Waals surface area contributed by atoms with E-state index >= 15 is 0 Å². The molecule has 0 spiro atoms. The van der Waals surface area contributed by atoms with Crippen molar-refractivity contribution < 1.29 is 27.2 Å². The van der Waals surface area contributed by atoms with Crippen molar-refractivity contribution in [2.75, 3.05) is 11.1 Å². The number of dihydropyridines is 1. The third-order valence-corrected chi connectivity index (χ3v) is 7.29. The first-order valence-electron chi connectivity index (χ1n) is 11.9. The van der Waals surface area contributed by atoms with Crippen LogP contribution >= 0.6 is 23.4 Å². The molecule has 2 aromatic carbocycles. The molecule has 0 saturated carbocycles. The molecular weight excluding hydrogens is 565 g/mol. The monoisotopic (exact) mass is 586 g/mol. The Balaban J connectivity index is 1.57. The molecular formula is C28H22ClF3N4O3S. The molecule has 1 aliphatic rings. The number of thioether (sulfide) groups is 1. The number of carbonyl (C=O) groups is 2. The van der Waals surface area contributed by atoms with Gasteiger partial charge in [-0.15, -0.1) is 0 Å². The summed E-state index contributed by atoms with van der Waals surface area (Å²) in [6.45, 7) is 1.93. The molecule has 0 unspecified atom stereocenters. The molecule has 4 rings (SSSR count). The van der Waals surface area contributed by atoms with Crippen molar-refractivity contribution in [2.24, 2.45) is 0 Å². The van der Waals surface area contributed by atoms with Crippen LogP contribution in [0.1, 0.15) is 29.7 Å². The van der Waals surface area contributed by atoms with Crippen LogP contribution in [0.5, 0.6) is 0 Å². The highest BCUT2D eigenvalue weighted by molar-refractivity contribution is 8.03. The number of nitrogens with one attached hydrogen (secondary N) is 3. The van der Waals surface area contributed by atoms with Gasteiger partial charge in [-0.2, -0.15) is 18.4 Å². The Morgan fingerprint density at radius 1 is 1.15 bits per heavy atom. The molecule has 2 amide bonds. The minimum Gasteiger partial charge on any atom is -0.468 e. The normalized spacial score (nSPS) is 15.3. The lowest BCUT2D eigenvalue weighted by Crippen LogP contribution is -2.31. The fourth-order valence-corrected chi connectivity index (χ4v) is 5.13. The van der Waals surface area contributed by atoms with Gasteiger partial charge >= 0.3 is 6.18 Å². The molecule has 3 aromatic rings. The van der Waals surface area contributed by atoms with E-state index < -0.39 is 23.6 Å². The average molecular weight is 587 g/mol. The van der Waals surface area contributed by atoms with Crippen LogP contribution in [-0.4, -0.2) is 17.6 Å². The van der Waals surface area contributed by atoms with E-state index in [9.17, 15) is 28.0 Å². The molecule has 0 saturated heterocycles. The van der Waals surface area contributed by atoms with Crippen LogP contribution in [0.25, 0.3) is 0 Å². The number of nitrogens with zero attached hydrogens (tertiary/aromatic N) is 1. The molecule has 2 heterocycles. The van der Waals surface area contributed by atoms with Crippen LogP contribution in [0.4, 0.5) is 18.9 Å².